The fourth-order valence-electron chi connectivity index (χ4n) is 2.99. The molecule has 0 aromatic heterocycles. The van der Waals surface area contributed by atoms with Gasteiger partial charge in [0.05, 0.1) is 27.0 Å². The molecule has 1 fully saturated rings. The number of amides is 2. The summed E-state index contributed by atoms with van der Waals surface area (Å²) in [5.74, 6) is -2.39. The van der Waals surface area contributed by atoms with E-state index < -0.39 is 34.5 Å². The number of nitrogens with zero attached hydrogens (tertiary/aromatic N) is 1. The van der Waals surface area contributed by atoms with Crippen molar-refractivity contribution in [3.8, 4) is 17.2 Å². The normalized spacial score (nSPS) is 15.9. The number of rotatable bonds is 5. The van der Waals surface area contributed by atoms with Gasteiger partial charge in [0.15, 0.2) is 29.0 Å². The highest BCUT2D eigenvalue weighted by molar-refractivity contribution is 7.99. The van der Waals surface area contributed by atoms with Crippen LogP contribution in [-0.2, 0) is 0 Å². The van der Waals surface area contributed by atoms with Crippen molar-refractivity contribution >= 4 is 23.5 Å². The molecule has 2 aromatic carbocycles. The minimum Gasteiger partial charge on any atom is -0.496 e. The van der Waals surface area contributed by atoms with Gasteiger partial charge in [0.2, 0.25) is 0 Å². The molecule has 1 atom stereocenters. The molecule has 1 unspecified atom stereocenters. The van der Waals surface area contributed by atoms with Crippen LogP contribution in [0.5, 0.6) is 17.2 Å². The van der Waals surface area contributed by atoms with Crippen molar-refractivity contribution in [2.45, 2.75) is 5.37 Å². The maximum atomic E-state index is 13.9. The van der Waals surface area contributed by atoms with E-state index in [-0.39, 0.29) is 0 Å². The van der Waals surface area contributed by atoms with E-state index in [4.69, 9.17) is 14.2 Å². The number of hydrogen-bond donors (Lipinski definition) is 1. The van der Waals surface area contributed by atoms with Gasteiger partial charge in [0.1, 0.15) is 11.1 Å². The van der Waals surface area contributed by atoms with E-state index in [2.05, 4.69) is 5.32 Å². The lowest BCUT2D eigenvalue weighted by Crippen LogP contribution is -2.34. The topological polar surface area (TPSA) is 60.0 Å². The number of ether oxygens (including phenoxy) is 3. The first-order valence-corrected chi connectivity index (χ1v) is 9.58. The van der Waals surface area contributed by atoms with E-state index >= 15 is 0 Å². The molecule has 0 spiro atoms. The van der Waals surface area contributed by atoms with Gasteiger partial charge in [-0.3, -0.25) is 0 Å². The number of carbonyl (C=O) groups excluding carboxylic acids is 1. The van der Waals surface area contributed by atoms with Crippen LogP contribution in [0.3, 0.4) is 0 Å². The fraction of sp³-hybridized carbons (Fsp3) is 0.316. The molecule has 2 aromatic rings. The summed E-state index contributed by atoms with van der Waals surface area (Å²) in [5.41, 5.74) is 0.220. The minimum absolute atomic E-state index is 0.365. The van der Waals surface area contributed by atoms with Crippen LogP contribution in [0, 0.1) is 17.5 Å². The number of thioether (sulfide) groups is 1. The number of methoxy groups -OCH3 is 3. The Bertz CT molecular complexity index is 929. The van der Waals surface area contributed by atoms with Crippen LogP contribution in [0.2, 0.25) is 0 Å². The molecule has 0 bridgehead atoms. The van der Waals surface area contributed by atoms with Crippen LogP contribution in [0.4, 0.5) is 23.7 Å². The monoisotopic (exact) mass is 428 g/mol. The van der Waals surface area contributed by atoms with E-state index in [9.17, 15) is 18.0 Å². The Hall–Kier alpha value is -2.75. The predicted molar refractivity (Wildman–Crippen MR) is 103 cm³/mol. The SMILES string of the molecule is COc1cc(OC)c(C2SCCN2C(=O)Nc2ccc(F)c(F)c2F)cc1OC. The number of anilines is 1. The Morgan fingerprint density at radius 1 is 1.03 bits per heavy atom. The molecule has 3 rings (SSSR count). The molecular weight excluding hydrogens is 409 g/mol. The highest BCUT2D eigenvalue weighted by Gasteiger charge is 2.34. The zero-order chi connectivity index (χ0) is 21.1. The molecule has 1 saturated heterocycles. The summed E-state index contributed by atoms with van der Waals surface area (Å²) in [7, 11) is 4.48. The van der Waals surface area contributed by atoms with E-state index in [1.54, 1.807) is 12.1 Å². The van der Waals surface area contributed by atoms with Crippen molar-refractivity contribution in [1.29, 1.82) is 0 Å². The fourth-order valence-corrected chi connectivity index (χ4v) is 4.26. The van der Waals surface area contributed by atoms with Crippen LogP contribution in [0.25, 0.3) is 0 Å². The summed E-state index contributed by atoms with van der Waals surface area (Å²) in [6.07, 6.45) is 0. The molecule has 1 aliphatic rings. The first-order valence-electron chi connectivity index (χ1n) is 8.53. The van der Waals surface area contributed by atoms with Gasteiger partial charge in [-0.15, -0.1) is 11.8 Å². The van der Waals surface area contributed by atoms with Crippen LogP contribution >= 0.6 is 11.8 Å². The lowest BCUT2D eigenvalue weighted by atomic mass is 10.1. The van der Waals surface area contributed by atoms with Crippen molar-refractivity contribution < 1.29 is 32.2 Å². The Morgan fingerprint density at radius 3 is 2.34 bits per heavy atom. The maximum absolute atomic E-state index is 13.9. The summed E-state index contributed by atoms with van der Waals surface area (Å²) < 4.78 is 56.5. The van der Waals surface area contributed by atoms with E-state index in [1.807, 2.05) is 0 Å². The molecular formula is C19H19F3N2O4S. The minimum atomic E-state index is -1.64. The quantitative estimate of drug-likeness (QED) is 0.715. The Kier molecular flexibility index (Phi) is 6.31. The number of carbonyl (C=O) groups is 1. The molecule has 156 valence electrons. The van der Waals surface area contributed by atoms with Gasteiger partial charge in [0.25, 0.3) is 0 Å². The van der Waals surface area contributed by atoms with Crippen LogP contribution in [0.15, 0.2) is 24.3 Å². The summed E-state index contributed by atoms with van der Waals surface area (Å²) in [4.78, 5) is 14.2. The highest BCUT2D eigenvalue weighted by atomic mass is 32.2. The molecule has 10 heteroatoms. The largest absolute Gasteiger partial charge is 0.496 e. The predicted octanol–water partition coefficient (Wildman–Crippen LogP) is 4.41. The van der Waals surface area contributed by atoms with E-state index in [0.29, 0.717) is 35.1 Å². The van der Waals surface area contributed by atoms with Crippen LogP contribution in [0.1, 0.15) is 10.9 Å². The first-order chi connectivity index (χ1) is 13.9. The van der Waals surface area contributed by atoms with Gasteiger partial charge in [-0.1, -0.05) is 0 Å². The Balaban J connectivity index is 1.90. The van der Waals surface area contributed by atoms with E-state index in [0.717, 1.165) is 12.1 Å². The molecule has 6 nitrogen and oxygen atoms in total. The maximum Gasteiger partial charge on any atom is 0.323 e. The lowest BCUT2D eigenvalue weighted by Gasteiger charge is -2.26. The van der Waals surface area contributed by atoms with Gasteiger partial charge in [0, 0.05) is 23.9 Å². The number of halogens is 3. The second kappa shape index (κ2) is 8.73. The van der Waals surface area contributed by atoms with Crippen molar-refractivity contribution in [2.24, 2.45) is 0 Å². The Morgan fingerprint density at radius 2 is 1.69 bits per heavy atom. The number of hydrogen-bond acceptors (Lipinski definition) is 5. The van der Waals surface area contributed by atoms with Crippen molar-refractivity contribution in [3.63, 3.8) is 0 Å². The third-order valence-corrected chi connectivity index (χ3v) is 5.67. The third-order valence-electron chi connectivity index (χ3n) is 4.43. The summed E-state index contributed by atoms with van der Waals surface area (Å²) in [6, 6.07) is 4.43. The molecule has 29 heavy (non-hydrogen) atoms. The number of nitrogens with one attached hydrogen (secondary N) is 1. The van der Waals surface area contributed by atoms with Gasteiger partial charge >= 0.3 is 6.03 Å². The third kappa shape index (κ3) is 4.02. The summed E-state index contributed by atoms with van der Waals surface area (Å²) in [6.45, 7) is 0.365. The Labute approximate surface area is 169 Å². The highest BCUT2D eigenvalue weighted by Crippen LogP contribution is 2.46. The zero-order valence-corrected chi connectivity index (χ0v) is 16.7. The van der Waals surface area contributed by atoms with Crippen LogP contribution < -0.4 is 19.5 Å². The molecule has 0 radical (unpaired) electrons. The van der Waals surface area contributed by atoms with Gasteiger partial charge < -0.3 is 24.4 Å². The average Bonchev–Trinajstić information content (AvgIpc) is 3.22. The summed E-state index contributed by atoms with van der Waals surface area (Å²) >= 11 is 1.48. The average molecular weight is 428 g/mol. The second-order valence-corrected chi connectivity index (χ2v) is 7.21. The lowest BCUT2D eigenvalue weighted by molar-refractivity contribution is 0.213. The van der Waals surface area contributed by atoms with Crippen molar-refractivity contribution in [1.82, 2.24) is 4.90 Å². The number of benzene rings is 2. The van der Waals surface area contributed by atoms with Crippen molar-refractivity contribution in [3.05, 3.63) is 47.3 Å². The zero-order valence-electron chi connectivity index (χ0n) is 15.9. The molecule has 1 heterocycles. The smallest absolute Gasteiger partial charge is 0.323 e. The molecule has 2 amide bonds. The van der Waals surface area contributed by atoms with Gasteiger partial charge in [-0.05, 0) is 18.2 Å². The first kappa shape index (κ1) is 21.0. The molecule has 0 aliphatic carbocycles. The molecule has 1 aliphatic heterocycles. The van der Waals surface area contributed by atoms with Crippen LogP contribution in [-0.4, -0.2) is 44.6 Å². The van der Waals surface area contributed by atoms with E-state index in [1.165, 1.54) is 38.0 Å². The standard InChI is InChI=1S/C19H19F3N2O4S/c1-26-13-9-15(28-3)14(27-2)8-10(13)18-24(6-7-29-18)19(25)23-12-5-4-11(20)16(21)17(12)22/h4-5,8-9,18H,6-7H2,1-3H3,(H,23,25). The second-order valence-electron chi connectivity index (χ2n) is 6.02. The number of urea groups is 1. The van der Waals surface area contributed by atoms with Gasteiger partial charge in [-0.2, -0.15) is 0 Å². The summed E-state index contributed by atoms with van der Waals surface area (Å²) in [5, 5.41) is 1.84. The van der Waals surface area contributed by atoms with Gasteiger partial charge in [-0.25, -0.2) is 18.0 Å². The van der Waals surface area contributed by atoms with Crippen molar-refractivity contribution in [2.75, 3.05) is 38.9 Å². The molecule has 0 saturated carbocycles. The molecule has 1 N–H and O–H groups in total.